The van der Waals surface area contributed by atoms with E-state index in [2.05, 4.69) is 0 Å². The molecule has 0 aliphatic heterocycles. The lowest BCUT2D eigenvalue weighted by atomic mass is 10.4. The largest absolute Gasteiger partial charge is 0.462 e. The molecule has 1 atom stereocenters. The van der Waals surface area contributed by atoms with Crippen molar-refractivity contribution in [2.24, 2.45) is 0 Å². The van der Waals surface area contributed by atoms with Gasteiger partial charge in [-0.3, -0.25) is 4.79 Å². The summed E-state index contributed by atoms with van der Waals surface area (Å²) in [5, 5.41) is 1.82. The molecule has 0 aromatic rings. The van der Waals surface area contributed by atoms with Crippen LogP contribution in [0.4, 0.5) is 0 Å². The summed E-state index contributed by atoms with van der Waals surface area (Å²) in [6, 6.07) is -1.01. The number of carbonyl (C=O) groups excluding carboxylic acids is 1. The van der Waals surface area contributed by atoms with Gasteiger partial charge < -0.3 is 14.5 Å². The summed E-state index contributed by atoms with van der Waals surface area (Å²) < 4.78 is 15.1. The Balaban J connectivity index is 4.05. The highest BCUT2D eigenvalue weighted by molar-refractivity contribution is 7.49. The van der Waals surface area contributed by atoms with Gasteiger partial charge in [0.05, 0.1) is 6.10 Å². The van der Waals surface area contributed by atoms with Crippen LogP contribution in [-0.2, 0) is 14.1 Å². The number of ether oxygens (including phenoxy) is 1. The van der Waals surface area contributed by atoms with Crippen LogP contribution in [0.25, 0.3) is 0 Å². The summed E-state index contributed by atoms with van der Waals surface area (Å²) in [6.07, 6.45) is -0.298. The Labute approximate surface area is 76.5 Å². The van der Waals surface area contributed by atoms with Gasteiger partial charge in [-0.2, -0.15) is 0 Å². The fourth-order valence-electron chi connectivity index (χ4n) is 0.639. The maximum atomic E-state index is 11.0. The van der Waals surface area contributed by atoms with Crippen molar-refractivity contribution in [1.29, 1.82) is 0 Å². The molecule has 0 fully saturated rings. The molecule has 0 radical (unpaired) electrons. The van der Waals surface area contributed by atoms with Crippen molar-refractivity contribution in [1.82, 2.24) is 5.09 Å². The van der Waals surface area contributed by atoms with E-state index >= 15 is 0 Å². The standard InChI is InChI=1S/C6H14NO5P/c1-4(2)12-6(8)5(3)7-13(9,10)11/h4-5H,1-3H3,(H3,7,9,10,11). The first-order chi connectivity index (χ1) is 5.72. The van der Waals surface area contributed by atoms with Gasteiger partial charge in [-0.25, -0.2) is 9.65 Å². The average Bonchev–Trinajstić information content (AvgIpc) is 1.81. The maximum absolute atomic E-state index is 11.0. The molecule has 0 amide bonds. The molecular formula is C6H14NO5P. The van der Waals surface area contributed by atoms with E-state index in [4.69, 9.17) is 14.5 Å². The normalized spacial score (nSPS) is 14.3. The van der Waals surface area contributed by atoms with E-state index in [9.17, 15) is 9.36 Å². The fraction of sp³-hybridized carbons (Fsp3) is 0.833. The first kappa shape index (κ1) is 12.6. The van der Waals surface area contributed by atoms with Crippen LogP contribution in [0.3, 0.4) is 0 Å². The molecule has 0 aliphatic rings. The summed E-state index contributed by atoms with van der Waals surface area (Å²) in [7, 11) is -4.37. The van der Waals surface area contributed by atoms with Gasteiger partial charge in [0.15, 0.2) is 0 Å². The van der Waals surface area contributed by atoms with E-state index in [1.165, 1.54) is 6.92 Å². The predicted molar refractivity (Wildman–Crippen MR) is 45.9 cm³/mol. The van der Waals surface area contributed by atoms with Crippen LogP contribution in [0.5, 0.6) is 0 Å². The molecule has 0 aromatic heterocycles. The van der Waals surface area contributed by atoms with Crippen molar-refractivity contribution in [3.8, 4) is 0 Å². The second-order valence-electron chi connectivity index (χ2n) is 2.88. The van der Waals surface area contributed by atoms with Crippen molar-refractivity contribution < 1.29 is 23.9 Å². The third-order valence-electron chi connectivity index (χ3n) is 1.07. The van der Waals surface area contributed by atoms with E-state index < -0.39 is 19.8 Å². The monoisotopic (exact) mass is 211 g/mol. The van der Waals surface area contributed by atoms with Gasteiger partial charge in [-0.05, 0) is 20.8 Å². The topological polar surface area (TPSA) is 95.9 Å². The summed E-state index contributed by atoms with van der Waals surface area (Å²) in [6.45, 7) is 4.63. The predicted octanol–water partition coefficient (Wildman–Crippen LogP) is 0.00880. The lowest BCUT2D eigenvalue weighted by molar-refractivity contribution is -0.149. The number of hydrogen-bond acceptors (Lipinski definition) is 3. The molecule has 6 nitrogen and oxygen atoms in total. The Hall–Kier alpha value is -0.420. The molecule has 0 rings (SSSR count). The summed E-state index contributed by atoms with van der Waals surface area (Å²) in [5.74, 6) is -0.682. The van der Waals surface area contributed by atoms with Crippen molar-refractivity contribution in [2.45, 2.75) is 32.9 Å². The Morgan fingerprint density at radius 1 is 1.38 bits per heavy atom. The van der Waals surface area contributed by atoms with Crippen LogP contribution in [0.2, 0.25) is 0 Å². The third-order valence-corrected chi connectivity index (χ3v) is 1.79. The fourth-order valence-corrected chi connectivity index (χ4v) is 1.25. The Morgan fingerprint density at radius 3 is 2.15 bits per heavy atom. The molecule has 13 heavy (non-hydrogen) atoms. The molecule has 0 aromatic carbocycles. The zero-order valence-electron chi connectivity index (χ0n) is 7.72. The summed E-state index contributed by atoms with van der Waals surface area (Å²) >= 11 is 0. The minimum Gasteiger partial charge on any atom is -0.462 e. The highest BCUT2D eigenvalue weighted by atomic mass is 31.2. The highest BCUT2D eigenvalue weighted by Crippen LogP contribution is 2.29. The molecule has 78 valence electrons. The number of nitrogens with one attached hydrogen (secondary N) is 1. The van der Waals surface area contributed by atoms with E-state index in [0.29, 0.717) is 0 Å². The lowest BCUT2D eigenvalue weighted by Gasteiger charge is -2.15. The summed E-state index contributed by atoms with van der Waals surface area (Å²) in [4.78, 5) is 27.9. The smallest absolute Gasteiger partial charge is 0.401 e. The second-order valence-corrected chi connectivity index (χ2v) is 4.23. The van der Waals surface area contributed by atoms with Gasteiger partial charge in [-0.1, -0.05) is 0 Å². The van der Waals surface area contributed by atoms with E-state index in [0.717, 1.165) is 0 Å². The Morgan fingerprint density at radius 2 is 1.85 bits per heavy atom. The summed E-state index contributed by atoms with van der Waals surface area (Å²) in [5.41, 5.74) is 0. The SMILES string of the molecule is CC(C)OC(=O)C(C)NP(=O)(O)O. The average molecular weight is 211 g/mol. The first-order valence-electron chi connectivity index (χ1n) is 3.76. The molecule has 0 heterocycles. The van der Waals surface area contributed by atoms with Crippen molar-refractivity contribution in [3.63, 3.8) is 0 Å². The van der Waals surface area contributed by atoms with Crippen LogP contribution in [-0.4, -0.2) is 27.9 Å². The molecule has 1 unspecified atom stereocenters. The number of hydrogen-bond donors (Lipinski definition) is 3. The van der Waals surface area contributed by atoms with Crippen LogP contribution < -0.4 is 5.09 Å². The third kappa shape index (κ3) is 6.72. The molecule has 0 aliphatic carbocycles. The van der Waals surface area contributed by atoms with Crippen LogP contribution in [0.15, 0.2) is 0 Å². The molecule has 0 spiro atoms. The van der Waals surface area contributed by atoms with Crippen molar-refractivity contribution >= 4 is 13.7 Å². The van der Waals surface area contributed by atoms with Crippen molar-refractivity contribution in [3.05, 3.63) is 0 Å². The zero-order valence-corrected chi connectivity index (χ0v) is 8.62. The maximum Gasteiger partial charge on any atom is 0.401 e. The van der Waals surface area contributed by atoms with E-state index in [1.807, 2.05) is 5.09 Å². The van der Waals surface area contributed by atoms with Gasteiger partial charge >= 0.3 is 13.7 Å². The highest BCUT2D eigenvalue weighted by Gasteiger charge is 2.23. The van der Waals surface area contributed by atoms with Crippen LogP contribution in [0.1, 0.15) is 20.8 Å². The van der Waals surface area contributed by atoms with E-state index in [-0.39, 0.29) is 6.10 Å². The number of carbonyl (C=O) groups is 1. The Kier molecular flexibility index (Phi) is 4.56. The zero-order chi connectivity index (χ0) is 10.6. The number of rotatable bonds is 4. The molecule has 0 saturated heterocycles. The van der Waals surface area contributed by atoms with Crippen LogP contribution in [0, 0.1) is 0 Å². The second kappa shape index (κ2) is 4.72. The number of esters is 1. The van der Waals surface area contributed by atoms with Gasteiger partial charge in [0.25, 0.3) is 0 Å². The quantitative estimate of drug-likeness (QED) is 0.447. The molecule has 0 bridgehead atoms. The van der Waals surface area contributed by atoms with Gasteiger partial charge in [0, 0.05) is 0 Å². The van der Waals surface area contributed by atoms with Crippen molar-refractivity contribution in [2.75, 3.05) is 0 Å². The Bertz CT molecular complexity index is 223. The van der Waals surface area contributed by atoms with Gasteiger partial charge in [-0.15, -0.1) is 0 Å². The van der Waals surface area contributed by atoms with Gasteiger partial charge in [0.2, 0.25) is 0 Å². The molecular weight excluding hydrogens is 197 g/mol. The van der Waals surface area contributed by atoms with Crippen LogP contribution >= 0.6 is 7.75 Å². The molecule has 7 heteroatoms. The lowest BCUT2D eigenvalue weighted by Crippen LogP contribution is -2.34. The first-order valence-corrected chi connectivity index (χ1v) is 5.37. The van der Waals surface area contributed by atoms with Gasteiger partial charge in [0.1, 0.15) is 6.04 Å². The molecule has 3 N–H and O–H groups in total. The molecule has 0 saturated carbocycles. The minimum atomic E-state index is -4.37. The van der Waals surface area contributed by atoms with E-state index in [1.54, 1.807) is 13.8 Å². The minimum absolute atomic E-state index is 0.298.